The SMILES string of the molecule is [c]1ccc(Cn2ccnn2)cc1. The van der Waals surface area contributed by atoms with Gasteiger partial charge in [-0.1, -0.05) is 29.5 Å². The molecule has 3 heteroatoms. The summed E-state index contributed by atoms with van der Waals surface area (Å²) in [5.74, 6) is 0. The molecule has 0 fully saturated rings. The van der Waals surface area contributed by atoms with Gasteiger partial charge in [-0.25, -0.2) is 4.68 Å². The molecule has 0 saturated heterocycles. The third kappa shape index (κ3) is 1.50. The molecule has 1 radical (unpaired) electrons. The summed E-state index contributed by atoms with van der Waals surface area (Å²) in [7, 11) is 0. The van der Waals surface area contributed by atoms with E-state index in [9.17, 15) is 0 Å². The fraction of sp³-hybridized carbons (Fsp3) is 0.111. The lowest BCUT2D eigenvalue weighted by atomic mass is 10.2. The van der Waals surface area contributed by atoms with Gasteiger partial charge < -0.3 is 0 Å². The summed E-state index contributed by atoms with van der Waals surface area (Å²) in [6.07, 6.45) is 3.52. The quantitative estimate of drug-likeness (QED) is 0.655. The summed E-state index contributed by atoms with van der Waals surface area (Å²) in [4.78, 5) is 0. The molecule has 0 atom stereocenters. The van der Waals surface area contributed by atoms with Gasteiger partial charge in [0.2, 0.25) is 0 Å². The Morgan fingerprint density at radius 1 is 1.33 bits per heavy atom. The van der Waals surface area contributed by atoms with E-state index in [0.717, 1.165) is 6.54 Å². The maximum absolute atomic E-state index is 3.87. The monoisotopic (exact) mass is 158 g/mol. The van der Waals surface area contributed by atoms with Gasteiger partial charge in [-0.3, -0.25) is 0 Å². The lowest BCUT2D eigenvalue weighted by molar-refractivity contribution is 0.649. The summed E-state index contributed by atoms with van der Waals surface area (Å²) < 4.78 is 1.79. The Hall–Kier alpha value is -1.64. The Bertz CT molecular complexity index is 326. The zero-order chi connectivity index (χ0) is 8.23. The second-order valence-electron chi connectivity index (χ2n) is 2.51. The van der Waals surface area contributed by atoms with Crippen LogP contribution in [0.3, 0.4) is 0 Å². The van der Waals surface area contributed by atoms with Crippen molar-refractivity contribution in [3.8, 4) is 0 Å². The fourth-order valence-electron chi connectivity index (χ4n) is 1.03. The average Bonchev–Trinajstić information content (AvgIpc) is 2.59. The van der Waals surface area contributed by atoms with E-state index < -0.39 is 0 Å². The standard InChI is InChI=1S/C9H8N3/c1-2-4-9(5-3-1)8-12-7-6-10-11-12/h2-7H,8H2. The Morgan fingerprint density at radius 3 is 2.83 bits per heavy atom. The molecule has 0 spiro atoms. The van der Waals surface area contributed by atoms with Crippen molar-refractivity contribution in [3.63, 3.8) is 0 Å². The van der Waals surface area contributed by atoms with Crippen LogP contribution < -0.4 is 0 Å². The van der Waals surface area contributed by atoms with E-state index in [4.69, 9.17) is 0 Å². The van der Waals surface area contributed by atoms with Crippen molar-refractivity contribution in [2.45, 2.75) is 6.54 Å². The summed E-state index contributed by atoms with van der Waals surface area (Å²) in [6, 6.07) is 10.8. The van der Waals surface area contributed by atoms with Gasteiger partial charge in [0.25, 0.3) is 0 Å². The molecule has 1 aromatic heterocycles. The number of nitrogens with zero attached hydrogens (tertiary/aromatic N) is 3. The van der Waals surface area contributed by atoms with Crippen LogP contribution >= 0.6 is 0 Å². The van der Waals surface area contributed by atoms with E-state index in [1.807, 2.05) is 30.5 Å². The molecule has 1 aromatic carbocycles. The Labute approximate surface area is 70.6 Å². The molecular formula is C9H8N3. The largest absolute Gasteiger partial charge is 0.248 e. The maximum atomic E-state index is 3.87. The van der Waals surface area contributed by atoms with Crippen molar-refractivity contribution < 1.29 is 0 Å². The Morgan fingerprint density at radius 2 is 2.17 bits per heavy atom. The molecule has 0 aliphatic carbocycles. The smallest absolute Gasteiger partial charge is 0.0693 e. The van der Waals surface area contributed by atoms with Crippen molar-refractivity contribution in [3.05, 3.63) is 48.3 Å². The number of benzene rings is 1. The lowest BCUT2D eigenvalue weighted by Gasteiger charge is -1.98. The highest BCUT2D eigenvalue weighted by molar-refractivity contribution is 5.13. The van der Waals surface area contributed by atoms with Crippen LogP contribution in [-0.2, 0) is 6.54 Å². The molecule has 0 aliphatic rings. The highest BCUT2D eigenvalue weighted by Crippen LogP contribution is 1.99. The minimum absolute atomic E-state index is 0.772. The molecule has 0 saturated carbocycles. The predicted molar refractivity (Wildman–Crippen MR) is 44.4 cm³/mol. The first kappa shape index (κ1) is 7.03. The molecule has 0 amide bonds. The third-order valence-electron chi connectivity index (χ3n) is 1.60. The summed E-state index contributed by atoms with van der Waals surface area (Å²) >= 11 is 0. The normalized spacial score (nSPS) is 10.0. The van der Waals surface area contributed by atoms with Gasteiger partial charge >= 0.3 is 0 Å². The summed E-state index contributed by atoms with van der Waals surface area (Å²) in [5, 5.41) is 7.59. The second kappa shape index (κ2) is 3.17. The van der Waals surface area contributed by atoms with Gasteiger partial charge in [0.1, 0.15) is 0 Å². The van der Waals surface area contributed by atoms with E-state index in [1.54, 1.807) is 10.9 Å². The molecule has 3 nitrogen and oxygen atoms in total. The van der Waals surface area contributed by atoms with Crippen molar-refractivity contribution in [2.75, 3.05) is 0 Å². The summed E-state index contributed by atoms with van der Waals surface area (Å²) in [6.45, 7) is 0.772. The van der Waals surface area contributed by atoms with E-state index in [1.165, 1.54) is 5.56 Å². The minimum Gasteiger partial charge on any atom is -0.248 e. The van der Waals surface area contributed by atoms with Crippen LogP contribution in [-0.4, -0.2) is 15.0 Å². The van der Waals surface area contributed by atoms with E-state index in [-0.39, 0.29) is 0 Å². The first-order valence-electron chi connectivity index (χ1n) is 3.74. The van der Waals surface area contributed by atoms with E-state index in [2.05, 4.69) is 16.4 Å². The van der Waals surface area contributed by atoms with Crippen LogP contribution in [0.4, 0.5) is 0 Å². The number of hydrogen-bond acceptors (Lipinski definition) is 2. The molecule has 0 N–H and O–H groups in total. The molecular weight excluding hydrogens is 150 g/mol. The zero-order valence-corrected chi connectivity index (χ0v) is 6.51. The molecule has 1 heterocycles. The van der Waals surface area contributed by atoms with Crippen LogP contribution in [0, 0.1) is 6.07 Å². The van der Waals surface area contributed by atoms with Crippen molar-refractivity contribution >= 4 is 0 Å². The first-order valence-corrected chi connectivity index (χ1v) is 3.74. The molecule has 0 bridgehead atoms. The van der Waals surface area contributed by atoms with Crippen molar-refractivity contribution in [1.29, 1.82) is 0 Å². The van der Waals surface area contributed by atoms with Gasteiger partial charge in [0.05, 0.1) is 12.7 Å². The lowest BCUT2D eigenvalue weighted by Crippen LogP contribution is -1.99. The van der Waals surface area contributed by atoms with Gasteiger partial charge in [0.15, 0.2) is 0 Å². The fourth-order valence-corrected chi connectivity index (χ4v) is 1.03. The second-order valence-corrected chi connectivity index (χ2v) is 2.51. The van der Waals surface area contributed by atoms with Crippen LogP contribution in [0.15, 0.2) is 36.7 Å². The van der Waals surface area contributed by atoms with Gasteiger partial charge in [-0.05, 0) is 11.6 Å². The minimum atomic E-state index is 0.772. The predicted octanol–water partition coefficient (Wildman–Crippen LogP) is 1.13. The number of hydrogen-bond donors (Lipinski definition) is 0. The molecule has 2 rings (SSSR count). The van der Waals surface area contributed by atoms with Crippen LogP contribution in [0.5, 0.6) is 0 Å². The number of rotatable bonds is 2. The van der Waals surface area contributed by atoms with E-state index in [0.29, 0.717) is 0 Å². The number of aromatic nitrogens is 3. The summed E-state index contributed by atoms with van der Waals surface area (Å²) in [5.41, 5.74) is 1.21. The Kier molecular flexibility index (Phi) is 1.86. The molecule has 59 valence electrons. The molecule has 12 heavy (non-hydrogen) atoms. The van der Waals surface area contributed by atoms with Gasteiger partial charge in [0, 0.05) is 6.20 Å². The first-order chi connectivity index (χ1) is 5.95. The van der Waals surface area contributed by atoms with Crippen LogP contribution in [0.25, 0.3) is 0 Å². The van der Waals surface area contributed by atoms with Crippen LogP contribution in [0.2, 0.25) is 0 Å². The zero-order valence-electron chi connectivity index (χ0n) is 6.51. The van der Waals surface area contributed by atoms with Crippen molar-refractivity contribution in [1.82, 2.24) is 15.0 Å². The highest BCUT2D eigenvalue weighted by Gasteiger charge is 1.92. The van der Waals surface area contributed by atoms with Gasteiger partial charge in [-0.2, -0.15) is 0 Å². The molecule has 2 aromatic rings. The molecule has 0 unspecified atom stereocenters. The molecule has 0 aliphatic heterocycles. The average molecular weight is 158 g/mol. The topological polar surface area (TPSA) is 30.7 Å². The van der Waals surface area contributed by atoms with Gasteiger partial charge in [-0.15, -0.1) is 5.10 Å². The van der Waals surface area contributed by atoms with E-state index >= 15 is 0 Å². The third-order valence-corrected chi connectivity index (χ3v) is 1.60. The van der Waals surface area contributed by atoms with Crippen molar-refractivity contribution in [2.24, 2.45) is 0 Å². The maximum Gasteiger partial charge on any atom is 0.0693 e. The highest BCUT2D eigenvalue weighted by atomic mass is 15.4. The van der Waals surface area contributed by atoms with Crippen LogP contribution in [0.1, 0.15) is 5.56 Å². The Balaban J connectivity index is 2.15.